The predicted octanol–water partition coefficient (Wildman–Crippen LogP) is 2.51. The van der Waals surface area contributed by atoms with Crippen LogP contribution in [-0.4, -0.2) is 83.0 Å². The molecule has 0 aliphatic carbocycles. The third kappa shape index (κ3) is 6.67. The molecule has 0 radical (unpaired) electrons. The van der Waals surface area contributed by atoms with Crippen molar-refractivity contribution in [3.8, 4) is 0 Å². The van der Waals surface area contributed by atoms with E-state index in [-0.39, 0.29) is 11.9 Å². The summed E-state index contributed by atoms with van der Waals surface area (Å²) in [4.78, 5) is 38.2. The molecule has 2 atom stereocenters. The number of nitrogens with zero attached hydrogens (tertiary/aromatic N) is 4. The van der Waals surface area contributed by atoms with Gasteiger partial charge in [0.25, 0.3) is 0 Å². The average molecular weight is 503 g/mol. The zero-order chi connectivity index (χ0) is 26.9. The smallest absolute Gasteiger partial charge is 0.444 e. The van der Waals surface area contributed by atoms with Gasteiger partial charge in [0.2, 0.25) is 11.9 Å². The Hall–Kier alpha value is -2.40. The maximum absolute atomic E-state index is 13.2. The summed E-state index contributed by atoms with van der Waals surface area (Å²) >= 11 is 0. The van der Waals surface area contributed by atoms with Crippen LogP contribution in [0.15, 0.2) is 12.4 Å². The quantitative estimate of drug-likeness (QED) is 0.591. The number of carbonyl (C=O) groups excluding carboxylic acids is 2. The van der Waals surface area contributed by atoms with Gasteiger partial charge in [-0.3, -0.25) is 4.79 Å². The lowest BCUT2D eigenvalue weighted by Gasteiger charge is -2.39. The Bertz CT molecular complexity index is 918. The molecule has 2 saturated heterocycles. The average Bonchev–Trinajstić information content (AvgIpc) is 2.99. The molecule has 2 aliphatic rings. The van der Waals surface area contributed by atoms with Crippen LogP contribution in [0.5, 0.6) is 0 Å². The minimum Gasteiger partial charge on any atom is -0.444 e. The van der Waals surface area contributed by atoms with Crippen LogP contribution in [-0.2, 0) is 18.8 Å². The second kappa shape index (κ2) is 10.5. The number of rotatable bonds is 6. The zero-order valence-corrected chi connectivity index (χ0v) is 23.3. The fraction of sp³-hybridized carbons (Fsp3) is 0.760. The summed E-state index contributed by atoms with van der Waals surface area (Å²) in [5, 5.41) is 2.67. The molecule has 36 heavy (non-hydrogen) atoms. The molecular weight excluding hydrogens is 461 g/mol. The van der Waals surface area contributed by atoms with Crippen LogP contribution in [0.25, 0.3) is 0 Å². The maximum atomic E-state index is 13.2. The first-order valence-corrected chi connectivity index (χ1v) is 12.8. The molecule has 2 amide bonds. The summed E-state index contributed by atoms with van der Waals surface area (Å²) in [6, 6.07) is -0.688. The fourth-order valence-corrected chi connectivity index (χ4v) is 4.30. The van der Waals surface area contributed by atoms with E-state index in [1.807, 2.05) is 44.5 Å². The van der Waals surface area contributed by atoms with Gasteiger partial charge in [-0.2, -0.15) is 0 Å². The number of carbonyl (C=O) groups is 2. The van der Waals surface area contributed by atoms with Crippen LogP contribution in [0, 0.1) is 0 Å². The molecule has 0 bridgehead atoms. The van der Waals surface area contributed by atoms with Gasteiger partial charge >= 0.3 is 13.2 Å². The minimum atomic E-state index is -0.679. The van der Waals surface area contributed by atoms with Gasteiger partial charge in [-0.05, 0) is 74.7 Å². The van der Waals surface area contributed by atoms with E-state index in [1.165, 1.54) is 0 Å². The highest BCUT2D eigenvalue weighted by Crippen LogP contribution is 2.36. The Morgan fingerprint density at radius 1 is 1.19 bits per heavy atom. The Balaban J connectivity index is 1.62. The number of aromatic nitrogens is 2. The van der Waals surface area contributed by atoms with Crippen LogP contribution >= 0.6 is 0 Å². The summed E-state index contributed by atoms with van der Waals surface area (Å²) in [5.41, 5.74) is -0.720. The Morgan fingerprint density at radius 2 is 1.78 bits per heavy atom. The van der Waals surface area contributed by atoms with Crippen molar-refractivity contribution in [2.45, 2.75) is 104 Å². The Morgan fingerprint density at radius 3 is 2.33 bits per heavy atom. The van der Waals surface area contributed by atoms with Gasteiger partial charge in [-0.1, -0.05) is 0 Å². The summed E-state index contributed by atoms with van der Waals surface area (Å²) < 4.78 is 17.5. The number of amides is 2. The van der Waals surface area contributed by atoms with Crippen molar-refractivity contribution < 1.29 is 23.6 Å². The molecule has 0 spiro atoms. The van der Waals surface area contributed by atoms with Crippen molar-refractivity contribution >= 4 is 30.5 Å². The number of likely N-dealkylation sites (N-methyl/N-ethyl adjacent to an activating group) is 1. The first-order chi connectivity index (χ1) is 16.6. The zero-order valence-electron chi connectivity index (χ0n) is 23.3. The maximum Gasteiger partial charge on any atom is 0.498 e. The predicted molar refractivity (Wildman–Crippen MR) is 139 cm³/mol. The number of piperidine rings is 1. The molecule has 0 aromatic carbocycles. The van der Waals surface area contributed by atoms with Crippen LogP contribution in [0.3, 0.4) is 0 Å². The molecule has 3 heterocycles. The number of nitrogens with one attached hydrogen (secondary N) is 1. The van der Waals surface area contributed by atoms with Crippen molar-refractivity contribution in [1.82, 2.24) is 20.2 Å². The number of ether oxygens (including phenoxy) is 1. The number of hydrogen-bond acceptors (Lipinski definition) is 8. The number of anilines is 1. The van der Waals surface area contributed by atoms with E-state index in [1.54, 1.807) is 40.1 Å². The molecule has 1 aromatic heterocycles. The van der Waals surface area contributed by atoms with Gasteiger partial charge in [0, 0.05) is 44.0 Å². The highest BCUT2D eigenvalue weighted by Gasteiger charge is 2.52. The van der Waals surface area contributed by atoms with Crippen molar-refractivity contribution in [3.63, 3.8) is 0 Å². The molecule has 3 rings (SSSR count). The summed E-state index contributed by atoms with van der Waals surface area (Å²) in [7, 11) is 1.41. The van der Waals surface area contributed by atoms with E-state index in [0.717, 1.165) is 24.7 Å². The van der Waals surface area contributed by atoms with Gasteiger partial charge in [-0.25, -0.2) is 14.8 Å². The molecule has 200 valence electrons. The molecule has 1 N–H and O–H groups in total. The Labute approximate surface area is 215 Å². The molecule has 0 unspecified atom stereocenters. The molecule has 0 saturated carbocycles. The molecule has 2 fully saturated rings. The summed E-state index contributed by atoms with van der Waals surface area (Å²) in [6.07, 6.45) is 5.73. The molecule has 11 heteroatoms. The van der Waals surface area contributed by atoms with Gasteiger partial charge in [0.1, 0.15) is 11.6 Å². The van der Waals surface area contributed by atoms with E-state index < -0.39 is 36.1 Å². The normalized spacial score (nSPS) is 22.2. The van der Waals surface area contributed by atoms with Crippen LogP contribution in [0.1, 0.15) is 74.7 Å². The third-order valence-electron chi connectivity index (χ3n) is 7.02. The Kier molecular flexibility index (Phi) is 8.25. The molecule has 2 aliphatic heterocycles. The molecule has 1 aromatic rings. The lowest BCUT2D eigenvalue weighted by Crippen LogP contribution is -2.55. The van der Waals surface area contributed by atoms with E-state index in [9.17, 15) is 9.59 Å². The van der Waals surface area contributed by atoms with Crippen molar-refractivity contribution in [3.05, 3.63) is 12.4 Å². The number of alkyl carbamates (subject to hydrolysis) is 1. The van der Waals surface area contributed by atoms with Crippen LogP contribution < -0.4 is 15.7 Å². The SMILES string of the molecule is C[C@H](NC(=O)OC(C)(C)C)C(=O)N1CCCC[C@@H]1CN(C)c1ncc(B2OC(C)(C)C(C)(C)O2)cn1. The van der Waals surface area contributed by atoms with Crippen molar-refractivity contribution in [2.24, 2.45) is 0 Å². The molecule has 10 nitrogen and oxygen atoms in total. The minimum absolute atomic E-state index is 0.00879. The van der Waals surface area contributed by atoms with Crippen molar-refractivity contribution in [1.29, 1.82) is 0 Å². The largest absolute Gasteiger partial charge is 0.498 e. The molecular formula is C25H42BN5O5. The van der Waals surface area contributed by atoms with Gasteiger partial charge in [0.05, 0.1) is 11.2 Å². The first kappa shape index (κ1) is 28.2. The second-order valence-corrected chi connectivity index (χ2v) is 11.8. The van der Waals surface area contributed by atoms with Crippen molar-refractivity contribution in [2.75, 3.05) is 25.0 Å². The van der Waals surface area contributed by atoms with E-state index in [2.05, 4.69) is 15.3 Å². The van der Waals surface area contributed by atoms with Crippen LogP contribution in [0.4, 0.5) is 10.7 Å². The van der Waals surface area contributed by atoms with Gasteiger partial charge in [-0.15, -0.1) is 0 Å². The van der Waals surface area contributed by atoms with Crippen LogP contribution in [0.2, 0.25) is 0 Å². The lowest BCUT2D eigenvalue weighted by atomic mass is 9.81. The third-order valence-corrected chi connectivity index (χ3v) is 7.02. The highest BCUT2D eigenvalue weighted by atomic mass is 16.7. The van der Waals surface area contributed by atoms with E-state index in [4.69, 9.17) is 14.0 Å². The summed E-state index contributed by atoms with van der Waals surface area (Å²) in [5.74, 6) is 0.448. The standard InChI is InChI=1S/C25H42BN5O5/c1-17(29-22(33)34-23(2,3)4)20(32)31-13-11-10-12-19(31)16-30(9)21-27-14-18(15-28-21)26-35-24(5,6)25(7,8)36-26/h14-15,17,19H,10-13,16H2,1-9H3,(H,29,33)/t17-,19+/m0/s1. The number of hydrogen-bond donors (Lipinski definition) is 1. The fourth-order valence-electron chi connectivity index (χ4n) is 4.30. The monoisotopic (exact) mass is 503 g/mol. The number of likely N-dealkylation sites (tertiary alicyclic amines) is 1. The van der Waals surface area contributed by atoms with Gasteiger partial charge < -0.3 is 29.2 Å². The summed E-state index contributed by atoms with van der Waals surface area (Å²) in [6.45, 7) is 16.3. The van der Waals surface area contributed by atoms with Gasteiger partial charge in [0.15, 0.2) is 0 Å². The lowest BCUT2D eigenvalue weighted by molar-refractivity contribution is -0.136. The van der Waals surface area contributed by atoms with E-state index in [0.29, 0.717) is 19.0 Å². The van der Waals surface area contributed by atoms with E-state index >= 15 is 0 Å². The highest BCUT2D eigenvalue weighted by molar-refractivity contribution is 6.61. The second-order valence-electron chi connectivity index (χ2n) is 11.8. The first-order valence-electron chi connectivity index (χ1n) is 12.8. The topological polar surface area (TPSA) is 106 Å².